The van der Waals surface area contributed by atoms with E-state index >= 15 is 0 Å². The van der Waals surface area contributed by atoms with Gasteiger partial charge in [-0.2, -0.15) is 0 Å². The molecular weight excluding hydrogens is 342 g/mol. The van der Waals surface area contributed by atoms with Crippen molar-refractivity contribution in [3.63, 3.8) is 0 Å². The van der Waals surface area contributed by atoms with Crippen molar-refractivity contribution in [2.75, 3.05) is 21.2 Å². The van der Waals surface area contributed by atoms with E-state index in [2.05, 4.69) is 0 Å². The molecule has 27 heavy (non-hydrogen) atoms. The Labute approximate surface area is 162 Å². The van der Waals surface area contributed by atoms with Gasteiger partial charge in [0.05, 0.1) is 19.3 Å². The molecule has 2 N–H and O–H groups in total. The lowest BCUT2D eigenvalue weighted by atomic mass is 10.1. The van der Waals surface area contributed by atoms with Gasteiger partial charge < -0.3 is 19.8 Å². The number of aryl methyl sites for hydroxylation is 1. The van der Waals surface area contributed by atoms with Crippen LogP contribution in [0.5, 0.6) is 5.75 Å². The van der Waals surface area contributed by atoms with Crippen LogP contribution in [0.4, 0.5) is 0 Å². The average molecular weight is 373 g/mol. The van der Waals surface area contributed by atoms with Gasteiger partial charge in [0, 0.05) is 20.5 Å². The molecule has 1 amide bonds. The summed E-state index contributed by atoms with van der Waals surface area (Å²) in [6.07, 6.45) is 11.5. The number of hydrogen-bond acceptors (Lipinski definition) is 4. The van der Waals surface area contributed by atoms with Crippen LogP contribution < -0.4 is 4.74 Å². The molecule has 1 aromatic rings. The summed E-state index contributed by atoms with van der Waals surface area (Å²) in [5.41, 5.74) is 1.16. The van der Waals surface area contributed by atoms with Crippen molar-refractivity contribution >= 4 is 5.91 Å². The van der Waals surface area contributed by atoms with Crippen LogP contribution in [0, 0.1) is 0 Å². The molecule has 2 unspecified atom stereocenters. The highest BCUT2D eigenvalue weighted by Crippen LogP contribution is 2.13. The zero-order valence-electron chi connectivity index (χ0n) is 16.4. The van der Waals surface area contributed by atoms with Gasteiger partial charge >= 0.3 is 0 Å². The molecule has 148 valence electrons. The number of benzene rings is 1. The number of allylic oxidation sites excluding steroid dienone is 4. The molecule has 0 bridgehead atoms. The van der Waals surface area contributed by atoms with E-state index in [4.69, 9.17) is 4.74 Å². The van der Waals surface area contributed by atoms with Gasteiger partial charge in [-0.15, -0.1) is 0 Å². The van der Waals surface area contributed by atoms with Crippen molar-refractivity contribution in [3.8, 4) is 5.75 Å². The molecule has 0 heterocycles. The summed E-state index contributed by atoms with van der Waals surface area (Å²) in [5.74, 6) is 0.830. The lowest BCUT2D eigenvalue weighted by molar-refractivity contribution is -0.129. The molecule has 0 spiro atoms. The summed E-state index contributed by atoms with van der Waals surface area (Å²) >= 11 is 0. The van der Waals surface area contributed by atoms with E-state index in [1.54, 1.807) is 57.7 Å². The Bertz CT molecular complexity index is 632. The van der Waals surface area contributed by atoms with Crippen molar-refractivity contribution < 1.29 is 19.7 Å². The van der Waals surface area contributed by atoms with Crippen molar-refractivity contribution in [1.82, 2.24) is 4.90 Å². The van der Waals surface area contributed by atoms with Crippen LogP contribution in [-0.4, -0.2) is 54.4 Å². The Hall–Kier alpha value is -2.37. The van der Waals surface area contributed by atoms with E-state index < -0.39 is 12.2 Å². The smallest absolute Gasteiger partial charge is 0.222 e. The number of amides is 1. The molecule has 0 aromatic heterocycles. The third kappa shape index (κ3) is 10.4. The number of carbonyl (C=O) groups excluding carboxylic acids is 1. The number of aliphatic hydroxyl groups is 2. The van der Waals surface area contributed by atoms with Gasteiger partial charge in [-0.3, -0.25) is 4.79 Å². The Morgan fingerprint density at radius 3 is 2.07 bits per heavy atom. The van der Waals surface area contributed by atoms with Gasteiger partial charge in [0.1, 0.15) is 5.75 Å². The number of rotatable bonds is 11. The van der Waals surface area contributed by atoms with Gasteiger partial charge in [-0.05, 0) is 37.0 Å². The summed E-state index contributed by atoms with van der Waals surface area (Å²) < 4.78 is 5.12. The second kappa shape index (κ2) is 12.9. The number of aliphatic hydroxyl groups excluding tert-OH is 2. The molecule has 0 fully saturated rings. The van der Waals surface area contributed by atoms with Crippen LogP contribution in [0.2, 0.25) is 0 Å². The first-order valence-electron chi connectivity index (χ1n) is 9.13. The quantitative estimate of drug-likeness (QED) is 0.585. The molecule has 5 heteroatoms. The second-order valence-electron chi connectivity index (χ2n) is 6.50. The fourth-order valence-corrected chi connectivity index (χ4v) is 2.31. The molecule has 2 atom stereocenters. The van der Waals surface area contributed by atoms with E-state index in [9.17, 15) is 15.0 Å². The minimum atomic E-state index is -0.641. The van der Waals surface area contributed by atoms with Gasteiger partial charge in [0.2, 0.25) is 5.91 Å². The van der Waals surface area contributed by atoms with E-state index in [1.165, 1.54) is 4.90 Å². The lowest BCUT2D eigenvalue weighted by Crippen LogP contribution is -2.22. The Morgan fingerprint density at radius 2 is 1.56 bits per heavy atom. The Balaban J connectivity index is 2.26. The molecule has 1 aromatic carbocycles. The minimum absolute atomic E-state index is 0.00422. The van der Waals surface area contributed by atoms with Gasteiger partial charge in [0.15, 0.2) is 0 Å². The summed E-state index contributed by atoms with van der Waals surface area (Å²) in [4.78, 5) is 13.0. The van der Waals surface area contributed by atoms with Crippen molar-refractivity contribution in [1.29, 1.82) is 0 Å². The van der Waals surface area contributed by atoms with Crippen LogP contribution in [0.25, 0.3) is 0 Å². The molecule has 0 aliphatic heterocycles. The largest absolute Gasteiger partial charge is 0.497 e. The number of nitrogens with zero attached hydrogens (tertiary/aromatic N) is 1. The maximum Gasteiger partial charge on any atom is 0.222 e. The average Bonchev–Trinajstić information content (AvgIpc) is 2.67. The summed E-state index contributed by atoms with van der Waals surface area (Å²) in [6.45, 7) is 0. The predicted octanol–water partition coefficient (Wildman–Crippen LogP) is 2.89. The highest BCUT2D eigenvalue weighted by molar-refractivity contribution is 5.75. The van der Waals surface area contributed by atoms with Crippen LogP contribution in [0.1, 0.15) is 24.8 Å². The fourth-order valence-electron chi connectivity index (χ4n) is 2.31. The normalized spacial score (nSPS) is 14.1. The standard InChI is InChI=1S/C22H31NO4/c1-23(2)22(26)17-14-20(25)9-7-5-4-6-8-19(24)13-10-18-11-15-21(27-3)16-12-18/h4-9,11-12,15-16,19-20,24-25H,10,13-14,17H2,1-3H3/b5-4-,8-6+,9-7+. The van der Waals surface area contributed by atoms with E-state index in [-0.39, 0.29) is 5.91 Å². The topological polar surface area (TPSA) is 70.0 Å². The summed E-state index contributed by atoms with van der Waals surface area (Å²) in [6, 6.07) is 7.82. The number of ether oxygens (including phenoxy) is 1. The molecule has 0 aliphatic carbocycles. The van der Waals surface area contributed by atoms with Gasteiger partial charge in [-0.25, -0.2) is 0 Å². The zero-order valence-corrected chi connectivity index (χ0v) is 16.4. The third-order valence-electron chi connectivity index (χ3n) is 4.04. The SMILES string of the molecule is COc1ccc(CCC(O)/C=C/C=C\C=C\C(O)CCC(=O)N(C)C)cc1. The Morgan fingerprint density at radius 1 is 1.00 bits per heavy atom. The van der Waals surface area contributed by atoms with Crippen molar-refractivity contribution in [2.24, 2.45) is 0 Å². The maximum absolute atomic E-state index is 11.4. The van der Waals surface area contributed by atoms with Crippen LogP contribution >= 0.6 is 0 Å². The fraction of sp³-hybridized carbons (Fsp3) is 0.409. The summed E-state index contributed by atoms with van der Waals surface area (Å²) in [7, 11) is 5.04. The molecule has 0 saturated carbocycles. The molecule has 0 saturated heterocycles. The number of carbonyl (C=O) groups is 1. The molecule has 5 nitrogen and oxygen atoms in total. The number of hydrogen-bond donors (Lipinski definition) is 2. The van der Waals surface area contributed by atoms with Gasteiger partial charge in [-0.1, -0.05) is 48.6 Å². The molecule has 0 aliphatic rings. The first kappa shape index (κ1) is 22.7. The lowest BCUT2D eigenvalue weighted by Gasteiger charge is -2.10. The third-order valence-corrected chi connectivity index (χ3v) is 4.04. The van der Waals surface area contributed by atoms with Gasteiger partial charge in [0.25, 0.3) is 0 Å². The van der Waals surface area contributed by atoms with Crippen molar-refractivity contribution in [3.05, 3.63) is 66.3 Å². The maximum atomic E-state index is 11.4. The first-order valence-corrected chi connectivity index (χ1v) is 9.13. The van der Waals surface area contributed by atoms with E-state index in [1.807, 2.05) is 24.3 Å². The molecule has 0 radical (unpaired) electrons. The van der Waals surface area contributed by atoms with E-state index in [0.717, 1.165) is 17.7 Å². The highest BCUT2D eigenvalue weighted by atomic mass is 16.5. The van der Waals surface area contributed by atoms with Crippen LogP contribution in [0.3, 0.4) is 0 Å². The first-order chi connectivity index (χ1) is 12.9. The molecular formula is C22H31NO4. The monoisotopic (exact) mass is 373 g/mol. The highest BCUT2D eigenvalue weighted by Gasteiger charge is 2.06. The Kier molecular flexibility index (Phi) is 10.8. The predicted molar refractivity (Wildman–Crippen MR) is 109 cm³/mol. The van der Waals surface area contributed by atoms with Crippen LogP contribution in [-0.2, 0) is 11.2 Å². The number of methoxy groups -OCH3 is 1. The van der Waals surface area contributed by atoms with Crippen LogP contribution in [0.15, 0.2) is 60.7 Å². The molecule has 1 rings (SSSR count). The minimum Gasteiger partial charge on any atom is -0.497 e. The second-order valence-corrected chi connectivity index (χ2v) is 6.50. The van der Waals surface area contributed by atoms with Crippen molar-refractivity contribution in [2.45, 2.75) is 37.9 Å². The zero-order chi connectivity index (χ0) is 20.1. The summed E-state index contributed by atoms with van der Waals surface area (Å²) in [5, 5.41) is 19.8. The van der Waals surface area contributed by atoms with E-state index in [0.29, 0.717) is 19.3 Å².